The number of halogens is 3. The van der Waals surface area contributed by atoms with Crippen molar-refractivity contribution in [3.63, 3.8) is 0 Å². The van der Waals surface area contributed by atoms with E-state index in [1.807, 2.05) is 0 Å². The molecule has 1 saturated carbocycles. The molecule has 0 aromatic heterocycles. The average Bonchev–Trinajstić information content (AvgIpc) is 2.62. The average molecular weight is 471 g/mol. The Kier molecular flexibility index (Phi) is 6.32. The fourth-order valence-electron chi connectivity index (χ4n) is 3.60. The largest absolute Gasteiger partial charge is 0.573 e. The van der Waals surface area contributed by atoms with Gasteiger partial charge in [0, 0.05) is 0 Å². The smallest absolute Gasteiger partial charge is 0.460 e. The van der Waals surface area contributed by atoms with Crippen LogP contribution in [0.5, 0.6) is 5.75 Å². The molecule has 0 atom stereocenters. The van der Waals surface area contributed by atoms with E-state index in [-0.39, 0.29) is 17.7 Å². The molecule has 3 rings (SSSR count). The molecule has 1 aliphatic rings. The summed E-state index contributed by atoms with van der Waals surface area (Å²) in [6.45, 7) is 5.26. The molecule has 32 heavy (non-hydrogen) atoms. The molecule has 0 aliphatic heterocycles. The minimum atomic E-state index is -4.88. The highest BCUT2D eigenvalue weighted by Crippen LogP contribution is 2.47. The van der Waals surface area contributed by atoms with Gasteiger partial charge in [-0.3, -0.25) is 4.79 Å². The molecule has 0 saturated heterocycles. The van der Waals surface area contributed by atoms with Gasteiger partial charge < -0.3 is 9.47 Å². The van der Waals surface area contributed by atoms with E-state index in [1.54, 1.807) is 51.1 Å². The number of esters is 1. The first-order valence-corrected chi connectivity index (χ1v) is 11.4. The summed E-state index contributed by atoms with van der Waals surface area (Å²) in [4.78, 5) is 12.2. The lowest BCUT2D eigenvalue weighted by molar-refractivity contribution is -0.274. The highest BCUT2D eigenvalue weighted by atomic mass is 32.2. The van der Waals surface area contributed by atoms with Crippen LogP contribution in [0.15, 0.2) is 59.5 Å². The lowest BCUT2D eigenvalue weighted by Gasteiger charge is -2.47. The molecule has 174 valence electrons. The molecule has 0 heterocycles. The third-order valence-electron chi connectivity index (χ3n) is 4.95. The predicted octanol–water partition coefficient (Wildman–Crippen LogP) is 4.51. The molecule has 2 aromatic carbocycles. The third kappa shape index (κ3) is 5.80. The second-order valence-electron chi connectivity index (χ2n) is 8.71. The zero-order valence-corrected chi connectivity index (χ0v) is 18.6. The van der Waals surface area contributed by atoms with Crippen molar-refractivity contribution in [3.05, 3.63) is 60.2 Å². The second-order valence-corrected chi connectivity index (χ2v) is 10.4. The van der Waals surface area contributed by atoms with Gasteiger partial charge in [0.1, 0.15) is 11.4 Å². The summed E-state index contributed by atoms with van der Waals surface area (Å²) in [6.07, 6.45) is -4.49. The Morgan fingerprint density at radius 1 is 1.00 bits per heavy atom. The Bertz CT molecular complexity index is 1060. The van der Waals surface area contributed by atoms with E-state index in [4.69, 9.17) is 4.74 Å². The van der Waals surface area contributed by atoms with E-state index in [0.29, 0.717) is 5.56 Å². The van der Waals surface area contributed by atoms with Gasteiger partial charge >= 0.3 is 12.3 Å². The molecule has 10 heteroatoms. The van der Waals surface area contributed by atoms with Crippen molar-refractivity contribution in [2.75, 3.05) is 0 Å². The molecular formula is C22H24F3NO5S. The fraction of sp³-hybridized carbons (Fsp3) is 0.409. The third-order valence-corrected chi connectivity index (χ3v) is 6.51. The summed E-state index contributed by atoms with van der Waals surface area (Å²) in [5, 5.41) is 0. The number of carbonyl (C=O) groups excluding carboxylic acids is 1. The molecule has 0 spiro atoms. The number of nitrogens with one attached hydrogen (secondary N) is 1. The maximum Gasteiger partial charge on any atom is 0.573 e. The van der Waals surface area contributed by atoms with E-state index in [9.17, 15) is 26.4 Å². The number of hydrogen-bond acceptors (Lipinski definition) is 5. The molecule has 0 bridgehead atoms. The number of ether oxygens (including phenoxy) is 2. The van der Waals surface area contributed by atoms with E-state index < -0.39 is 45.2 Å². The van der Waals surface area contributed by atoms with Gasteiger partial charge in [0.15, 0.2) is 0 Å². The van der Waals surface area contributed by atoms with E-state index in [1.165, 1.54) is 0 Å². The molecule has 2 aromatic rings. The molecule has 0 amide bonds. The van der Waals surface area contributed by atoms with Gasteiger partial charge in [0.2, 0.25) is 10.0 Å². The molecule has 6 nitrogen and oxygen atoms in total. The van der Waals surface area contributed by atoms with Crippen LogP contribution < -0.4 is 9.46 Å². The Morgan fingerprint density at radius 3 is 2.06 bits per heavy atom. The van der Waals surface area contributed by atoms with Crippen LogP contribution in [0.25, 0.3) is 0 Å². The second kappa shape index (κ2) is 8.40. The van der Waals surface area contributed by atoms with Gasteiger partial charge in [-0.05, 0) is 63.4 Å². The minimum absolute atomic E-state index is 0.195. The first-order chi connectivity index (χ1) is 14.7. The molecule has 0 unspecified atom stereocenters. The van der Waals surface area contributed by atoms with Gasteiger partial charge in [-0.15, -0.1) is 13.2 Å². The number of carbonyl (C=O) groups is 1. The van der Waals surface area contributed by atoms with Crippen molar-refractivity contribution in [2.45, 2.75) is 56.0 Å². The highest BCUT2D eigenvalue weighted by molar-refractivity contribution is 7.89. The number of benzene rings is 2. The Balaban J connectivity index is 1.82. The maximum atomic E-state index is 13.0. The standard InChI is InChI=1S/C22H24F3NO5S/c1-20(2,3)31-19(27)15-13-21(14-15,16-7-5-4-6-8-16)26-32(28,29)18-11-9-17(10-12-18)30-22(23,24)25/h4-12,15,26H,13-14H2,1-3H3. The molecule has 1 N–H and O–H groups in total. The SMILES string of the molecule is CC(C)(C)OC(=O)C1CC(NS(=O)(=O)c2ccc(OC(F)(F)F)cc2)(c2ccccc2)C1. The van der Waals surface area contributed by atoms with Crippen molar-refractivity contribution >= 4 is 16.0 Å². The number of rotatable bonds is 6. The Hall–Kier alpha value is -2.59. The van der Waals surface area contributed by atoms with Crippen molar-refractivity contribution in [2.24, 2.45) is 5.92 Å². The van der Waals surface area contributed by atoms with Crippen LogP contribution in [-0.2, 0) is 25.1 Å². The Labute approximate surface area is 184 Å². The summed E-state index contributed by atoms with van der Waals surface area (Å²) >= 11 is 0. The van der Waals surface area contributed by atoms with Crippen molar-refractivity contribution in [3.8, 4) is 5.75 Å². The predicted molar refractivity (Wildman–Crippen MR) is 110 cm³/mol. The van der Waals surface area contributed by atoms with Crippen LogP contribution in [0.3, 0.4) is 0 Å². The van der Waals surface area contributed by atoms with E-state index in [0.717, 1.165) is 24.3 Å². The molecular weight excluding hydrogens is 447 g/mol. The van der Waals surface area contributed by atoms with Crippen molar-refractivity contribution in [1.29, 1.82) is 0 Å². The number of hydrogen-bond donors (Lipinski definition) is 1. The van der Waals surface area contributed by atoms with Crippen molar-refractivity contribution < 1.29 is 35.9 Å². The molecule has 1 aliphatic carbocycles. The minimum Gasteiger partial charge on any atom is -0.460 e. The zero-order chi connectivity index (χ0) is 23.8. The van der Waals surface area contributed by atoms with Crippen molar-refractivity contribution in [1.82, 2.24) is 4.72 Å². The normalized spacial score (nSPS) is 21.5. The topological polar surface area (TPSA) is 81.7 Å². The monoisotopic (exact) mass is 471 g/mol. The lowest BCUT2D eigenvalue weighted by Crippen LogP contribution is -2.56. The van der Waals surface area contributed by atoms with E-state index in [2.05, 4.69) is 9.46 Å². The summed E-state index contributed by atoms with van der Waals surface area (Å²) in [6, 6.07) is 12.8. The van der Waals surface area contributed by atoms with Crippen LogP contribution >= 0.6 is 0 Å². The summed E-state index contributed by atoms with van der Waals surface area (Å²) in [5.41, 5.74) is -1.02. The van der Waals surface area contributed by atoms with Crippen LogP contribution in [0.1, 0.15) is 39.2 Å². The molecule has 1 fully saturated rings. The van der Waals surface area contributed by atoms with Crippen LogP contribution in [0.4, 0.5) is 13.2 Å². The maximum absolute atomic E-state index is 13.0. The summed E-state index contributed by atoms with van der Waals surface area (Å²) < 4.78 is 75.0. The van der Waals surface area contributed by atoms with Gasteiger partial charge in [0.05, 0.1) is 16.4 Å². The van der Waals surface area contributed by atoms with Gasteiger partial charge in [-0.1, -0.05) is 30.3 Å². The number of sulfonamides is 1. The highest BCUT2D eigenvalue weighted by Gasteiger charge is 2.52. The van der Waals surface area contributed by atoms with Gasteiger partial charge in [-0.25, -0.2) is 13.1 Å². The number of alkyl halides is 3. The zero-order valence-electron chi connectivity index (χ0n) is 17.8. The van der Waals surface area contributed by atoms with Gasteiger partial charge in [-0.2, -0.15) is 0 Å². The molecule has 0 radical (unpaired) electrons. The van der Waals surface area contributed by atoms with Crippen LogP contribution in [-0.4, -0.2) is 26.4 Å². The fourth-order valence-corrected chi connectivity index (χ4v) is 5.02. The summed E-state index contributed by atoms with van der Waals surface area (Å²) in [7, 11) is -4.11. The quantitative estimate of drug-likeness (QED) is 0.627. The van der Waals surface area contributed by atoms with Crippen LogP contribution in [0.2, 0.25) is 0 Å². The van der Waals surface area contributed by atoms with Gasteiger partial charge in [0.25, 0.3) is 0 Å². The first-order valence-electron chi connectivity index (χ1n) is 9.87. The van der Waals surface area contributed by atoms with E-state index >= 15 is 0 Å². The summed E-state index contributed by atoms with van der Waals surface area (Å²) in [5.74, 6) is -1.42. The van der Waals surface area contributed by atoms with Crippen LogP contribution in [0, 0.1) is 5.92 Å². The lowest BCUT2D eigenvalue weighted by atomic mass is 9.65. The first kappa shape index (κ1) is 24.1. The Morgan fingerprint density at radius 2 is 1.56 bits per heavy atom.